The molecule has 2 N–H and O–H groups in total. The van der Waals surface area contributed by atoms with E-state index in [0.717, 1.165) is 19.5 Å². The third kappa shape index (κ3) is 3.10. The molecule has 1 saturated heterocycles. The quantitative estimate of drug-likeness (QED) is 0.856. The average molecular weight is 250 g/mol. The summed E-state index contributed by atoms with van der Waals surface area (Å²) in [5.41, 5.74) is 5.76. The highest BCUT2D eigenvalue weighted by molar-refractivity contribution is 5.76. The predicted molar refractivity (Wildman–Crippen MR) is 69.7 cm³/mol. The summed E-state index contributed by atoms with van der Waals surface area (Å²) >= 11 is 0. The zero-order valence-electron chi connectivity index (χ0n) is 11.0. The van der Waals surface area contributed by atoms with Gasteiger partial charge in [-0.1, -0.05) is 6.92 Å². The van der Waals surface area contributed by atoms with E-state index < -0.39 is 0 Å². The molecular weight excluding hydrogens is 228 g/mol. The molecule has 0 spiro atoms. The van der Waals surface area contributed by atoms with Crippen molar-refractivity contribution in [2.24, 2.45) is 17.6 Å². The first-order chi connectivity index (χ1) is 8.70. The largest absolute Gasteiger partial charge is 0.342 e. The van der Waals surface area contributed by atoms with Gasteiger partial charge in [-0.3, -0.25) is 4.79 Å². The highest BCUT2D eigenvalue weighted by Crippen LogP contribution is 2.22. The zero-order chi connectivity index (χ0) is 13.0. The third-order valence-corrected chi connectivity index (χ3v) is 3.91. The van der Waals surface area contributed by atoms with Gasteiger partial charge in [0.1, 0.15) is 0 Å². The fraction of sp³-hybridized carbons (Fsp3) is 0.692. The number of hydrogen-bond donors (Lipinski definition) is 1. The number of carbonyl (C=O) groups excluding carboxylic acids is 1. The molecule has 0 bridgehead atoms. The number of hydrogen-bond acceptors (Lipinski definition) is 3. The van der Waals surface area contributed by atoms with Crippen molar-refractivity contribution in [1.82, 2.24) is 14.5 Å². The van der Waals surface area contributed by atoms with Crippen molar-refractivity contribution in [2.45, 2.75) is 26.3 Å². The number of amides is 1. The van der Waals surface area contributed by atoms with Crippen LogP contribution in [0.15, 0.2) is 18.7 Å². The Kier molecular flexibility index (Phi) is 4.36. The molecule has 100 valence electrons. The number of likely N-dealkylation sites (tertiary alicyclic amines) is 1. The number of nitrogens with two attached hydrogens (primary N) is 1. The molecule has 0 saturated carbocycles. The van der Waals surface area contributed by atoms with Gasteiger partial charge in [0.25, 0.3) is 0 Å². The summed E-state index contributed by atoms with van der Waals surface area (Å²) in [7, 11) is 0. The van der Waals surface area contributed by atoms with Crippen molar-refractivity contribution in [2.75, 3.05) is 19.6 Å². The van der Waals surface area contributed by atoms with Crippen LogP contribution in [0.5, 0.6) is 0 Å². The van der Waals surface area contributed by atoms with E-state index in [1.54, 1.807) is 12.5 Å². The first kappa shape index (κ1) is 13.1. The first-order valence-electron chi connectivity index (χ1n) is 6.64. The summed E-state index contributed by atoms with van der Waals surface area (Å²) in [4.78, 5) is 18.0. The van der Waals surface area contributed by atoms with E-state index in [4.69, 9.17) is 5.73 Å². The lowest BCUT2D eigenvalue weighted by molar-refractivity contribution is -0.133. The van der Waals surface area contributed by atoms with E-state index in [-0.39, 0.29) is 5.91 Å². The maximum Gasteiger partial charge on any atom is 0.224 e. The molecule has 0 aliphatic carbocycles. The molecule has 1 amide bonds. The summed E-state index contributed by atoms with van der Waals surface area (Å²) in [6.45, 7) is 5.30. The molecule has 1 aromatic heterocycles. The molecule has 2 heterocycles. The van der Waals surface area contributed by atoms with Crippen LogP contribution in [0.25, 0.3) is 0 Å². The number of piperidine rings is 1. The Morgan fingerprint density at radius 3 is 3.06 bits per heavy atom. The van der Waals surface area contributed by atoms with Gasteiger partial charge >= 0.3 is 0 Å². The lowest BCUT2D eigenvalue weighted by Crippen LogP contribution is -2.45. The average Bonchev–Trinajstić information content (AvgIpc) is 2.89. The fourth-order valence-electron chi connectivity index (χ4n) is 2.48. The molecule has 5 nitrogen and oxygen atoms in total. The van der Waals surface area contributed by atoms with E-state index in [9.17, 15) is 4.79 Å². The molecule has 1 aliphatic heterocycles. The lowest BCUT2D eigenvalue weighted by atomic mass is 9.87. The van der Waals surface area contributed by atoms with Crippen molar-refractivity contribution in [1.29, 1.82) is 0 Å². The smallest absolute Gasteiger partial charge is 0.224 e. The van der Waals surface area contributed by atoms with Crippen molar-refractivity contribution in [3.8, 4) is 0 Å². The molecule has 1 aromatic rings. The van der Waals surface area contributed by atoms with E-state index in [1.165, 1.54) is 0 Å². The Bertz CT molecular complexity index is 376. The van der Waals surface area contributed by atoms with Gasteiger partial charge in [0, 0.05) is 38.4 Å². The minimum absolute atomic E-state index is 0.231. The number of carbonyl (C=O) groups is 1. The van der Waals surface area contributed by atoms with Crippen LogP contribution in [0, 0.1) is 11.8 Å². The van der Waals surface area contributed by atoms with Gasteiger partial charge in [0.15, 0.2) is 0 Å². The predicted octanol–water partition coefficient (Wildman–Crippen LogP) is 0.717. The van der Waals surface area contributed by atoms with Gasteiger partial charge in [-0.2, -0.15) is 0 Å². The van der Waals surface area contributed by atoms with E-state index in [1.807, 2.05) is 15.7 Å². The van der Waals surface area contributed by atoms with Crippen molar-refractivity contribution in [3.63, 3.8) is 0 Å². The third-order valence-electron chi connectivity index (χ3n) is 3.91. The Morgan fingerprint density at radius 2 is 2.39 bits per heavy atom. The van der Waals surface area contributed by atoms with Crippen LogP contribution in [0.1, 0.15) is 19.8 Å². The van der Waals surface area contributed by atoms with Crippen LogP contribution in [0.4, 0.5) is 0 Å². The van der Waals surface area contributed by atoms with Crippen LogP contribution < -0.4 is 5.73 Å². The number of nitrogens with zero attached hydrogens (tertiary/aromatic N) is 3. The molecule has 2 atom stereocenters. The molecule has 5 heteroatoms. The van der Waals surface area contributed by atoms with Crippen LogP contribution in [0.2, 0.25) is 0 Å². The topological polar surface area (TPSA) is 64.2 Å². The molecule has 2 unspecified atom stereocenters. The Labute approximate surface area is 108 Å². The highest BCUT2D eigenvalue weighted by atomic mass is 16.2. The van der Waals surface area contributed by atoms with Crippen LogP contribution in [0.3, 0.4) is 0 Å². The van der Waals surface area contributed by atoms with Crippen LogP contribution >= 0.6 is 0 Å². The summed E-state index contributed by atoms with van der Waals surface area (Å²) < 4.78 is 1.94. The summed E-state index contributed by atoms with van der Waals surface area (Å²) in [5.74, 6) is 1.32. The van der Waals surface area contributed by atoms with Gasteiger partial charge in [0.05, 0.1) is 6.33 Å². The molecule has 0 aromatic carbocycles. The minimum atomic E-state index is 0.231. The second kappa shape index (κ2) is 6.00. The van der Waals surface area contributed by atoms with Crippen molar-refractivity contribution >= 4 is 5.91 Å². The van der Waals surface area contributed by atoms with Gasteiger partial charge in [-0.05, 0) is 24.8 Å². The second-order valence-corrected chi connectivity index (χ2v) is 5.15. The van der Waals surface area contributed by atoms with Crippen molar-refractivity contribution < 1.29 is 4.79 Å². The fourth-order valence-corrected chi connectivity index (χ4v) is 2.48. The van der Waals surface area contributed by atoms with Gasteiger partial charge in [-0.25, -0.2) is 4.98 Å². The number of imidazole rings is 1. The molecular formula is C13H22N4O. The molecule has 1 aliphatic rings. The monoisotopic (exact) mass is 250 g/mol. The van der Waals surface area contributed by atoms with Crippen LogP contribution in [-0.2, 0) is 11.3 Å². The Balaban J connectivity index is 1.82. The molecule has 0 radical (unpaired) electrons. The van der Waals surface area contributed by atoms with Gasteiger partial charge in [0.2, 0.25) is 5.91 Å². The maximum atomic E-state index is 12.1. The molecule has 1 fully saturated rings. The Hall–Kier alpha value is -1.36. The zero-order valence-corrected chi connectivity index (χ0v) is 11.0. The number of aryl methyl sites for hydroxylation is 1. The minimum Gasteiger partial charge on any atom is -0.342 e. The highest BCUT2D eigenvalue weighted by Gasteiger charge is 2.27. The normalized spacial score (nSPS) is 24.2. The molecule has 2 rings (SSSR count). The van der Waals surface area contributed by atoms with Gasteiger partial charge in [-0.15, -0.1) is 0 Å². The summed E-state index contributed by atoms with van der Waals surface area (Å²) in [5, 5.41) is 0. The summed E-state index contributed by atoms with van der Waals surface area (Å²) in [6, 6.07) is 0. The van der Waals surface area contributed by atoms with Crippen LogP contribution in [-0.4, -0.2) is 40.0 Å². The van der Waals surface area contributed by atoms with Crippen molar-refractivity contribution in [3.05, 3.63) is 18.7 Å². The van der Waals surface area contributed by atoms with E-state index >= 15 is 0 Å². The maximum absolute atomic E-state index is 12.1. The molecule has 18 heavy (non-hydrogen) atoms. The SMILES string of the molecule is CC1CCN(C(=O)CCn2ccnc2)CC1CN. The Morgan fingerprint density at radius 1 is 1.56 bits per heavy atom. The van der Waals surface area contributed by atoms with Gasteiger partial charge < -0.3 is 15.2 Å². The number of aromatic nitrogens is 2. The van der Waals surface area contributed by atoms with E-state index in [0.29, 0.717) is 31.3 Å². The second-order valence-electron chi connectivity index (χ2n) is 5.15. The standard InChI is InChI=1S/C13H22N4O/c1-11-2-6-17(9-12(11)8-14)13(18)3-5-16-7-4-15-10-16/h4,7,10-12H,2-3,5-6,8-9,14H2,1H3. The lowest BCUT2D eigenvalue weighted by Gasteiger charge is -2.36. The first-order valence-corrected chi connectivity index (χ1v) is 6.64. The summed E-state index contributed by atoms with van der Waals surface area (Å²) in [6.07, 6.45) is 6.97. The number of rotatable bonds is 4. The van der Waals surface area contributed by atoms with E-state index in [2.05, 4.69) is 11.9 Å².